The number of aliphatic hydroxyl groups is 1. The summed E-state index contributed by atoms with van der Waals surface area (Å²) in [6, 6.07) is 10.3. The lowest BCUT2D eigenvalue weighted by Crippen LogP contribution is -2.43. The molecular formula is C16H25NO2. The van der Waals surface area contributed by atoms with Crippen molar-refractivity contribution < 1.29 is 9.84 Å². The number of likely N-dealkylation sites (N-methyl/N-ethyl adjacent to an activating group) is 1. The zero-order chi connectivity index (χ0) is 13.5. The van der Waals surface area contributed by atoms with Gasteiger partial charge in [-0.15, -0.1) is 0 Å². The zero-order valence-corrected chi connectivity index (χ0v) is 11.8. The average Bonchev–Trinajstić information content (AvgIpc) is 2.45. The summed E-state index contributed by atoms with van der Waals surface area (Å²) >= 11 is 0. The van der Waals surface area contributed by atoms with Crippen LogP contribution in [-0.4, -0.2) is 42.4 Å². The highest BCUT2D eigenvalue weighted by atomic mass is 16.5. The molecule has 0 aromatic heterocycles. The molecular weight excluding hydrogens is 238 g/mol. The molecule has 0 bridgehead atoms. The van der Waals surface area contributed by atoms with Crippen molar-refractivity contribution in [2.45, 2.75) is 44.2 Å². The second-order valence-electron chi connectivity index (χ2n) is 5.41. The largest absolute Gasteiger partial charge is 0.494 e. The molecule has 2 rings (SSSR count). The maximum absolute atomic E-state index is 10.0. The maximum Gasteiger partial charge on any atom is 0.119 e. The minimum Gasteiger partial charge on any atom is -0.494 e. The van der Waals surface area contributed by atoms with Gasteiger partial charge in [0.2, 0.25) is 0 Å². The van der Waals surface area contributed by atoms with Crippen LogP contribution in [0.25, 0.3) is 0 Å². The third kappa shape index (κ3) is 4.51. The van der Waals surface area contributed by atoms with Crippen LogP contribution in [0.5, 0.6) is 5.75 Å². The summed E-state index contributed by atoms with van der Waals surface area (Å²) in [7, 11) is 2.11. The average molecular weight is 263 g/mol. The Labute approximate surface area is 116 Å². The molecule has 1 aliphatic rings. The van der Waals surface area contributed by atoms with Crippen LogP contribution >= 0.6 is 0 Å². The Hall–Kier alpha value is -1.06. The summed E-state index contributed by atoms with van der Waals surface area (Å²) in [5, 5.41) is 10.0. The molecule has 0 radical (unpaired) electrons. The molecule has 1 aromatic rings. The Morgan fingerprint density at radius 1 is 1.21 bits per heavy atom. The highest BCUT2D eigenvalue weighted by Gasteiger charge is 2.25. The number of benzene rings is 1. The molecule has 3 nitrogen and oxygen atoms in total. The van der Waals surface area contributed by atoms with Crippen LogP contribution in [0.4, 0.5) is 0 Å². The number of nitrogens with zero attached hydrogens (tertiary/aromatic N) is 1. The molecule has 1 aliphatic carbocycles. The Balaban J connectivity index is 1.65. The predicted molar refractivity (Wildman–Crippen MR) is 77.4 cm³/mol. The molecule has 2 unspecified atom stereocenters. The first-order valence-electron chi connectivity index (χ1n) is 7.33. The fourth-order valence-electron chi connectivity index (χ4n) is 2.79. The number of hydrogen-bond acceptors (Lipinski definition) is 3. The van der Waals surface area contributed by atoms with Gasteiger partial charge in [-0.1, -0.05) is 31.0 Å². The van der Waals surface area contributed by atoms with Gasteiger partial charge < -0.3 is 14.7 Å². The molecule has 19 heavy (non-hydrogen) atoms. The van der Waals surface area contributed by atoms with E-state index in [1.165, 1.54) is 12.8 Å². The van der Waals surface area contributed by atoms with Crippen LogP contribution in [0.15, 0.2) is 30.3 Å². The van der Waals surface area contributed by atoms with E-state index in [0.29, 0.717) is 6.04 Å². The van der Waals surface area contributed by atoms with Crippen molar-refractivity contribution in [2.75, 3.05) is 20.2 Å². The lowest BCUT2D eigenvalue weighted by Gasteiger charge is -2.35. The van der Waals surface area contributed by atoms with Gasteiger partial charge in [-0.25, -0.2) is 0 Å². The molecule has 1 aromatic carbocycles. The molecule has 0 saturated heterocycles. The van der Waals surface area contributed by atoms with Crippen LogP contribution in [-0.2, 0) is 0 Å². The Kier molecular flexibility index (Phi) is 5.67. The molecule has 1 N–H and O–H groups in total. The highest BCUT2D eigenvalue weighted by Crippen LogP contribution is 2.22. The van der Waals surface area contributed by atoms with Gasteiger partial charge in [-0.3, -0.25) is 0 Å². The van der Waals surface area contributed by atoms with Crippen LogP contribution in [0, 0.1) is 0 Å². The van der Waals surface area contributed by atoms with E-state index in [-0.39, 0.29) is 6.10 Å². The summed E-state index contributed by atoms with van der Waals surface area (Å²) in [6.07, 6.45) is 5.34. The number of ether oxygens (including phenoxy) is 1. The first-order valence-corrected chi connectivity index (χ1v) is 7.33. The topological polar surface area (TPSA) is 32.7 Å². The molecule has 0 aliphatic heterocycles. The van der Waals surface area contributed by atoms with E-state index in [0.717, 1.165) is 38.2 Å². The Bertz CT molecular complexity index is 355. The first-order chi connectivity index (χ1) is 9.27. The van der Waals surface area contributed by atoms with E-state index in [4.69, 9.17) is 4.74 Å². The maximum atomic E-state index is 10.0. The summed E-state index contributed by atoms with van der Waals surface area (Å²) < 4.78 is 5.68. The summed E-state index contributed by atoms with van der Waals surface area (Å²) in [5.41, 5.74) is 0. The van der Waals surface area contributed by atoms with Gasteiger partial charge in [-0.2, -0.15) is 0 Å². The first kappa shape index (κ1) is 14.4. The quantitative estimate of drug-likeness (QED) is 0.801. The van der Waals surface area contributed by atoms with E-state index in [1.807, 2.05) is 30.3 Å². The normalized spacial score (nSPS) is 23.5. The van der Waals surface area contributed by atoms with Crippen molar-refractivity contribution in [3.63, 3.8) is 0 Å². The SMILES string of the molecule is CN(CCCOc1ccccc1)C1CCCCC1O. The predicted octanol–water partition coefficient (Wildman–Crippen LogP) is 2.69. The molecule has 1 saturated carbocycles. The van der Waals surface area contributed by atoms with E-state index in [9.17, 15) is 5.11 Å². The van der Waals surface area contributed by atoms with Crippen molar-refractivity contribution >= 4 is 0 Å². The molecule has 0 heterocycles. The summed E-state index contributed by atoms with van der Waals surface area (Å²) in [6.45, 7) is 1.71. The van der Waals surface area contributed by atoms with Gasteiger partial charge in [0.05, 0.1) is 12.7 Å². The minimum absolute atomic E-state index is 0.145. The molecule has 0 spiro atoms. The number of aliphatic hydroxyl groups excluding tert-OH is 1. The van der Waals surface area contributed by atoms with Gasteiger partial charge in [-0.05, 0) is 38.4 Å². The number of rotatable bonds is 6. The van der Waals surface area contributed by atoms with Gasteiger partial charge >= 0.3 is 0 Å². The lowest BCUT2D eigenvalue weighted by atomic mass is 9.91. The monoisotopic (exact) mass is 263 g/mol. The van der Waals surface area contributed by atoms with E-state index >= 15 is 0 Å². The van der Waals surface area contributed by atoms with Gasteiger partial charge in [0.15, 0.2) is 0 Å². The van der Waals surface area contributed by atoms with Crippen LogP contribution in [0.1, 0.15) is 32.1 Å². The second kappa shape index (κ2) is 7.51. The van der Waals surface area contributed by atoms with Crippen molar-refractivity contribution in [3.05, 3.63) is 30.3 Å². The third-order valence-corrected chi connectivity index (χ3v) is 3.93. The summed E-state index contributed by atoms with van der Waals surface area (Å²) in [4.78, 5) is 2.29. The lowest BCUT2D eigenvalue weighted by molar-refractivity contribution is 0.0304. The molecule has 106 valence electrons. The minimum atomic E-state index is -0.145. The van der Waals surface area contributed by atoms with Crippen LogP contribution in [0.2, 0.25) is 0 Å². The third-order valence-electron chi connectivity index (χ3n) is 3.93. The number of hydrogen-bond donors (Lipinski definition) is 1. The molecule has 0 amide bonds. The van der Waals surface area contributed by atoms with Gasteiger partial charge in [0.25, 0.3) is 0 Å². The fourth-order valence-corrected chi connectivity index (χ4v) is 2.79. The highest BCUT2D eigenvalue weighted by molar-refractivity contribution is 5.20. The van der Waals surface area contributed by atoms with E-state index in [1.54, 1.807) is 0 Å². The van der Waals surface area contributed by atoms with Crippen molar-refractivity contribution in [2.24, 2.45) is 0 Å². The van der Waals surface area contributed by atoms with Crippen LogP contribution in [0.3, 0.4) is 0 Å². The van der Waals surface area contributed by atoms with Crippen molar-refractivity contribution in [3.8, 4) is 5.75 Å². The summed E-state index contributed by atoms with van der Waals surface area (Å²) in [5.74, 6) is 0.933. The number of para-hydroxylation sites is 1. The van der Waals surface area contributed by atoms with Crippen molar-refractivity contribution in [1.29, 1.82) is 0 Å². The second-order valence-corrected chi connectivity index (χ2v) is 5.41. The molecule has 2 atom stereocenters. The Morgan fingerprint density at radius 2 is 1.95 bits per heavy atom. The molecule has 1 fully saturated rings. The van der Waals surface area contributed by atoms with E-state index < -0.39 is 0 Å². The van der Waals surface area contributed by atoms with Crippen molar-refractivity contribution in [1.82, 2.24) is 4.90 Å². The fraction of sp³-hybridized carbons (Fsp3) is 0.625. The van der Waals surface area contributed by atoms with Gasteiger partial charge in [0, 0.05) is 12.6 Å². The standard InChI is InChI=1S/C16H25NO2/c1-17(15-10-5-6-11-16(15)18)12-7-13-19-14-8-3-2-4-9-14/h2-4,8-9,15-16,18H,5-7,10-13H2,1H3. The molecule has 3 heteroatoms. The van der Waals surface area contributed by atoms with Crippen LogP contribution < -0.4 is 4.74 Å². The van der Waals surface area contributed by atoms with E-state index in [2.05, 4.69) is 11.9 Å². The van der Waals surface area contributed by atoms with Gasteiger partial charge in [0.1, 0.15) is 5.75 Å². The Morgan fingerprint density at radius 3 is 2.68 bits per heavy atom. The smallest absolute Gasteiger partial charge is 0.119 e. The zero-order valence-electron chi connectivity index (χ0n) is 11.8.